The summed E-state index contributed by atoms with van der Waals surface area (Å²) >= 11 is 4.70. The van der Waals surface area contributed by atoms with Crippen molar-refractivity contribution in [3.05, 3.63) is 28.2 Å². The van der Waals surface area contributed by atoms with E-state index in [2.05, 4.69) is 26.1 Å². The first-order valence-electron chi connectivity index (χ1n) is 3.54. The zero-order valence-electron chi connectivity index (χ0n) is 6.44. The monoisotopic (exact) mass is 256 g/mol. The number of halogens is 1. The normalized spacial score (nSPS) is 10.2. The predicted octanol–water partition coefficient (Wildman–Crippen LogP) is 2.67. The highest BCUT2D eigenvalue weighted by molar-refractivity contribution is 9.11. The second-order valence-electron chi connectivity index (χ2n) is 2.41. The summed E-state index contributed by atoms with van der Waals surface area (Å²) in [5, 5.41) is 17.7. The van der Waals surface area contributed by atoms with E-state index >= 15 is 0 Å². The van der Waals surface area contributed by atoms with Crippen LogP contribution in [-0.4, -0.2) is 15.3 Å². The van der Waals surface area contributed by atoms with Crippen LogP contribution in [0.5, 0.6) is 5.75 Å². The number of rotatable bonds is 1. The lowest BCUT2D eigenvalue weighted by molar-refractivity contribution is 0.475. The lowest BCUT2D eigenvalue weighted by atomic mass is 10.2. The molecule has 0 aliphatic rings. The third-order valence-electron chi connectivity index (χ3n) is 1.51. The van der Waals surface area contributed by atoms with Gasteiger partial charge in [-0.05, 0) is 40.2 Å². The Morgan fingerprint density at radius 3 is 2.38 bits per heavy atom. The first kappa shape index (κ1) is 8.65. The number of hydrogen-bond donors (Lipinski definition) is 1. The quantitative estimate of drug-likeness (QED) is 0.854. The number of benzene rings is 1. The van der Waals surface area contributed by atoms with Crippen LogP contribution in [0.2, 0.25) is 0 Å². The van der Waals surface area contributed by atoms with E-state index in [1.807, 2.05) is 12.1 Å². The van der Waals surface area contributed by atoms with Gasteiger partial charge in [0.25, 0.3) is 0 Å². The smallest absolute Gasteiger partial charge is 0.183 e. The second-order valence-corrected chi connectivity index (χ2v) is 4.66. The standard InChI is InChI=1S/C8H5BrN2OS/c9-8-11-10-7(13-8)5-1-3-6(12)4-2-5/h1-4,12H. The molecule has 0 fully saturated rings. The Balaban J connectivity index is 2.41. The molecule has 1 heterocycles. The van der Waals surface area contributed by atoms with Gasteiger partial charge in [-0.2, -0.15) is 0 Å². The number of hydrogen-bond acceptors (Lipinski definition) is 4. The van der Waals surface area contributed by atoms with Gasteiger partial charge in [-0.3, -0.25) is 0 Å². The molecule has 3 nitrogen and oxygen atoms in total. The molecule has 2 rings (SSSR count). The molecule has 1 aromatic heterocycles. The molecule has 0 spiro atoms. The van der Waals surface area contributed by atoms with Gasteiger partial charge in [0.05, 0.1) is 0 Å². The Morgan fingerprint density at radius 1 is 1.15 bits per heavy atom. The minimum atomic E-state index is 0.257. The molecule has 0 aliphatic heterocycles. The molecule has 0 radical (unpaired) electrons. The van der Waals surface area contributed by atoms with Gasteiger partial charge < -0.3 is 5.11 Å². The van der Waals surface area contributed by atoms with E-state index in [-0.39, 0.29) is 5.75 Å². The highest BCUT2D eigenvalue weighted by Crippen LogP contribution is 2.27. The molecule has 0 saturated carbocycles. The maximum absolute atomic E-state index is 9.07. The number of nitrogens with zero attached hydrogens (tertiary/aromatic N) is 2. The maximum Gasteiger partial charge on any atom is 0.183 e. The van der Waals surface area contributed by atoms with Crippen molar-refractivity contribution in [2.45, 2.75) is 0 Å². The van der Waals surface area contributed by atoms with E-state index in [0.29, 0.717) is 0 Å². The fourth-order valence-electron chi connectivity index (χ4n) is 0.926. The van der Waals surface area contributed by atoms with Crippen LogP contribution in [-0.2, 0) is 0 Å². The first-order valence-corrected chi connectivity index (χ1v) is 5.15. The molecule has 0 aliphatic carbocycles. The summed E-state index contributed by atoms with van der Waals surface area (Å²) in [5.74, 6) is 0.257. The Hall–Kier alpha value is -0.940. The molecule has 13 heavy (non-hydrogen) atoms. The Bertz CT molecular complexity index is 412. The molecule has 2 aromatic rings. The summed E-state index contributed by atoms with van der Waals surface area (Å²) in [7, 11) is 0. The summed E-state index contributed by atoms with van der Waals surface area (Å²) in [6.07, 6.45) is 0. The van der Waals surface area contributed by atoms with E-state index in [0.717, 1.165) is 14.5 Å². The van der Waals surface area contributed by atoms with Crippen molar-refractivity contribution in [1.29, 1.82) is 0 Å². The minimum absolute atomic E-state index is 0.257. The Labute approximate surface area is 87.2 Å². The van der Waals surface area contributed by atoms with E-state index in [1.54, 1.807) is 12.1 Å². The van der Waals surface area contributed by atoms with Gasteiger partial charge in [0.15, 0.2) is 3.92 Å². The molecule has 0 unspecified atom stereocenters. The van der Waals surface area contributed by atoms with Crippen LogP contribution < -0.4 is 0 Å². The fraction of sp³-hybridized carbons (Fsp3) is 0. The van der Waals surface area contributed by atoms with Crippen LogP contribution in [0.3, 0.4) is 0 Å². The first-order chi connectivity index (χ1) is 6.25. The lowest BCUT2D eigenvalue weighted by Crippen LogP contribution is -1.75. The number of phenols is 1. The van der Waals surface area contributed by atoms with E-state index in [9.17, 15) is 0 Å². The van der Waals surface area contributed by atoms with Crippen LogP contribution in [0.25, 0.3) is 10.6 Å². The van der Waals surface area contributed by atoms with Crippen LogP contribution in [0.15, 0.2) is 28.2 Å². The molecule has 1 aromatic carbocycles. The van der Waals surface area contributed by atoms with Crippen LogP contribution in [0, 0.1) is 0 Å². The summed E-state index contributed by atoms with van der Waals surface area (Å²) in [5.41, 5.74) is 0.959. The van der Waals surface area contributed by atoms with Crippen molar-refractivity contribution in [2.75, 3.05) is 0 Å². The average molecular weight is 257 g/mol. The molecule has 5 heteroatoms. The number of phenolic OH excluding ortho intramolecular Hbond substituents is 1. The molecule has 0 saturated heterocycles. The molecule has 0 atom stereocenters. The van der Waals surface area contributed by atoms with Gasteiger partial charge >= 0.3 is 0 Å². The van der Waals surface area contributed by atoms with Crippen molar-refractivity contribution in [2.24, 2.45) is 0 Å². The molecular weight excluding hydrogens is 252 g/mol. The highest BCUT2D eigenvalue weighted by atomic mass is 79.9. The van der Waals surface area contributed by atoms with Crippen LogP contribution in [0.4, 0.5) is 0 Å². The summed E-state index contributed by atoms with van der Waals surface area (Å²) < 4.78 is 0.760. The van der Waals surface area contributed by atoms with Crippen molar-refractivity contribution >= 4 is 27.3 Å². The molecular formula is C8H5BrN2OS. The third-order valence-corrected chi connectivity index (χ3v) is 2.92. The largest absolute Gasteiger partial charge is 0.508 e. The van der Waals surface area contributed by atoms with Gasteiger partial charge in [0.2, 0.25) is 0 Å². The summed E-state index contributed by atoms with van der Waals surface area (Å²) in [4.78, 5) is 0. The summed E-state index contributed by atoms with van der Waals surface area (Å²) in [6.45, 7) is 0. The van der Waals surface area contributed by atoms with Crippen molar-refractivity contribution < 1.29 is 5.11 Å². The average Bonchev–Trinajstić information content (AvgIpc) is 2.53. The van der Waals surface area contributed by atoms with Crippen LogP contribution in [0.1, 0.15) is 0 Å². The van der Waals surface area contributed by atoms with Gasteiger partial charge in [0.1, 0.15) is 10.8 Å². The van der Waals surface area contributed by atoms with Gasteiger partial charge in [0, 0.05) is 5.56 Å². The predicted molar refractivity (Wildman–Crippen MR) is 54.7 cm³/mol. The maximum atomic E-state index is 9.07. The van der Waals surface area contributed by atoms with Gasteiger partial charge in [-0.15, -0.1) is 10.2 Å². The van der Waals surface area contributed by atoms with E-state index in [1.165, 1.54) is 11.3 Å². The topological polar surface area (TPSA) is 46.0 Å². The number of aromatic hydroxyl groups is 1. The highest BCUT2D eigenvalue weighted by Gasteiger charge is 2.03. The second kappa shape index (κ2) is 3.43. The number of aromatic nitrogens is 2. The van der Waals surface area contributed by atoms with Crippen molar-refractivity contribution in [3.63, 3.8) is 0 Å². The minimum Gasteiger partial charge on any atom is -0.508 e. The van der Waals surface area contributed by atoms with E-state index < -0.39 is 0 Å². The van der Waals surface area contributed by atoms with Crippen molar-refractivity contribution in [3.8, 4) is 16.3 Å². The zero-order valence-corrected chi connectivity index (χ0v) is 8.84. The van der Waals surface area contributed by atoms with Crippen LogP contribution >= 0.6 is 27.3 Å². The zero-order chi connectivity index (χ0) is 9.26. The van der Waals surface area contributed by atoms with Gasteiger partial charge in [-0.25, -0.2) is 0 Å². The SMILES string of the molecule is Oc1ccc(-c2nnc(Br)s2)cc1. The molecule has 66 valence electrons. The lowest BCUT2D eigenvalue weighted by Gasteiger charge is -1.94. The Kier molecular flexibility index (Phi) is 2.28. The molecule has 1 N–H and O–H groups in total. The van der Waals surface area contributed by atoms with E-state index in [4.69, 9.17) is 5.11 Å². The Morgan fingerprint density at radius 2 is 1.85 bits per heavy atom. The third kappa shape index (κ3) is 1.87. The fourth-order valence-corrected chi connectivity index (χ4v) is 2.04. The molecule has 0 amide bonds. The van der Waals surface area contributed by atoms with Gasteiger partial charge in [-0.1, -0.05) is 11.3 Å². The molecule has 0 bridgehead atoms. The summed E-state index contributed by atoms with van der Waals surface area (Å²) in [6, 6.07) is 6.87. The van der Waals surface area contributed by atoms with Crippen molar-refractivity contribution in [1.82, 2.24) is 10.2 Å².